The van der Waals surface area contributed by atoms with E-state index in [0.717, 1.165) is 42.5 Å². The molecule has 0 aliphatic carbocycles. The number of hydrogen-bond acceptors (Lipinski definition) is 6. The van der Waals surface area contributed by atoms with Crippen LogP contribution in [-0.4, -0.2) is 51.1 Å². The Bertz CT molecular complexity index is 1350. The molecule has 1 saturated heterocycles. The molecule has 0 saturated carbocycles. The van der Waals surface area contributed by atoms with Crippen LogP contribution in [0.3, 0.4) is 0 Å². The number of fused-ring (bicyclic) bond motifs is 1. The molecule has 35 heavy (non-hydrogen) atoms. The molecule has 2 aromatic heterocycles. The Balaban J connectivity index is 1.30. The first kappa shape index (κ1) is 22.9. The second-order valence-electron chi connectivity index (χ2n) is 8.59. The maximum atomic E-state index is 13.4. The smallest absolute Gasteiger partial charge is 0.222 e. The number of benzene rings is 2. The van der Waals surface area contributed by atoms with E-state index in [0.29, 0.717) is 23.4 Å². The van der Waals surface area contributed by atoms with E-state index in [2.05, 4.69) is 56.3 Å². The van der Waals surface area contributed by atoms with E-state index >= 15 is 0 Å². The zero-order valence-electron chi connectivity index (χ0n) is 19.4. The van der Waals surface area contributed by atoms with Gasteiger partial charge in [0.2, 0.25) is 5.95 Å². The number of anilines is 2. The van der Waals surface area contributed by atoms with E-state index < -0.39 is 0 Å². The van der Waals surface area contributed by atoms with Crippen LogP contribution in [0.1, 0.15) is 11.1 Å². The summed E-state index contributed by atoms with van der Waals surface area (Å²) in [4.78, 5) is 18.0. The molecular weight excluding hydrogens is 461 g/mol. The van der Waals surface area contributed by atoms with Gasteiger partial charge >= 0.3 is 0 Å². The van der Waals surface area contributed by atoms with Crippen molar-refractivity contribution in [1.29, 1.82) is 0 Å². The first-order chi connectivity index (χ1) is 17.0. The largest absolute Gasteiger partial charge is 0.368 e. The topological polar surface area (TPSA) is 83.2 Å². The average Bonchev–Trinajstić information content (AvgIpc) is 2.88. The highest BCUT2D eigenvalue weighted by molar-refractivity contribution is 7.80. The minimum absolute atomic E-state index is 0.210. The van der Waals surface area contributed by atoms with Gasteiger partial charge in [0.25, 0.3) is 0 Å². The third kappa shape index (κ3) is 5.14. The van der Waals surface area contributed by atoms with E-state index in [1.165, 1.54) is 23.3 Å². The van der Waals surface area contributed by atoms with Crippen LogP contribution in [0.2, 0.25) is 0 Å². The number of nitrogen functional groups attached to an aromatic ring is 1. The van der Waals surface area contributed by atoms with Crippen molar-refractivity contribution in [2.24, 2.45) is 0 Å². The summed E-state index contributed by atoms with van der Waals surface area (Å²) in [5, 5.41) is 4.11. The van der Waals surface area contributed by atoms with Crippen LogP contribution in [0.15, 0.2) is 60.7 Å². The Morgan fingerprint density at radius 2 is 1.66 bits per heavy atom. The van der Waals surface area contributed by atoms with Crippen molar-refractivity contribution in [1.82, 2.24) is 25.2 Å². The molecule has 0 radical (unpaired) electrons. The van der Waals surface area contributed by atoms with Gasteiger partial charge in [-0.3, -0.25) is 0 Å². The first-order valence-corrected chi connectivity index (χ1v) is 11.9. The fourth-order valence-corrected chi connectivity index (χ4v) is 4.39. The molecule has 3 heterocycles. The van der Waals surface area contributed by atoms with Gasteiger partial charge in [0.15, 0.2) is 10.9 Å². The summed E-state index contributed by atoms with van der Waals surface area (Å²) in [6.45, 7) is 5.73. The molecule has 1 fully saturated rings. The number of thiocarbonyl (C=S) groups is 1. The molecule has 178 valence electrons. The lowest BCUT2D eigenvalue weighted by Crippen LogP contribution is -2.51. The molecule has 0 unspecified atom stereocenters. The van der Waals surface area contributed by atoms with Crippen LogP contribution in [0.4, 0.5) is 16.2 Å². The molecule has 0 amide bonds. The number of piperazine rings is 1. The van der Waals surface area contributed by atoms with Crippen LogP contribution < -0.4 is 16.0 Å². The normalized spacial score (nSPS) is 13.8. The fraction of sp³-hybridized carbons (Fsp3) is 0.231. The summed E-state index contributed by atoms with van der Waals surface area (Å²) < 4.78 is 13.4. The molecule has 1 aliphatic rings. The lowest BCUT2D eigenvalue weighted by atomic mass is 10.1. The molecular formula is C26H26FN7S. The summed E-state index contributed by atoms with van der Waals surface area (Å²) in [7, 11) is 0. The zero-order valence-corrected chi connectivity index (χ0v) is 20.2. The van der Waals surface area contributed by atoms with Gasteiger partial charge in [-0.2, -0.15) is 4.98 Å². The van der Waals surface area contributed by atoms with Crippen molar-refractivity contribution in [2.75, 3.05) is 36.8 Å². The number of aryl methyl sites for hydroxylation is 1. The SMILES string of the molecule is Cc1ccc(CNC(=S)N2CCN(c3nc(N)nc4ccc(-c5ccc(F)cc5)nc34)CC2)cc1. The minimum atomic E-state index is -0.282. The van der Waals surface area contributed by atoms with E-state index in [1.54, 1.807) is 12.1 Å². The standard InChI is InChI=1S/C26H26FN7S/c1-17-2-4-18(5-3-17)16-29-26(35)34-14-12-33(13-15-34)24-23-22(31-25(28)32-24)11-10-21(30-23)19-6-8-20(27)9-7-19/h2-11H,12-16H2,1H3,(H,29,35)(H2,28,31,32). The van der Waals surface area contributed by atoms with E-state index in [9.17, 15) is 4.39 Å². The molecule has 4 aromatic rings. The van der Waals surface area contributed by atoms with Gasteiger partial charge in [0, 0.05) is 38.3 Å². The van der Waals surface area contributed by atoms with Crippen LogP contribution in [-0.2, 0) is 6.54 Å². The molecule has 0 spiro atoms. The summed E-state index contributed by atoms with van der Waals surface area (Å²) in [5.74, 6) is 0.631. The number of pyridine rings is 1. The van der Waals surface area contributed by atoms with Gasteiger partial charge < -0.3 is 20.9 Å². The highest BCUT2D eigenvalue weighted by Gasteiger charge is 2.23. The molecule has 7 nitrogen and oxygen atoms in total. The Labute approximate surface area is 208 Å². The predicted molar refractivity (Wildman–Crippen MR) is 142 cm³/mol. The van der Waals surface area contributed by atoms with Gasteiger partial charge in [-0.25, -0.2) is 14.4 Å². The highest BCUT2D eigenvalue weighted by atomic mass is 32.1. The Kier molecular flexibility index (Phi) is 6.41. The summed E-state index contributed by atoms with van der Waals surface area (Å²) in [5.41, 5.74) is 11.4. The van der Waals surface area contributed by atoms with E-state index in [4.69, 9.17) is 22.9 Å². The van der Waals surface area contributed by atoms with E-state index in [1.807, 2.05) is 12.1 Å². The molecule has 0 atom stereocenters. The number of nitrogens with zero attached hydrogens (tertiary/aromatic N) is 5. The number of aromatic nitrogens is 3. The second-order valence-corrected chi connectivity index (χ2v) is 8.98. The molecule has 1 aliphatic heterocycles. The fourth-order valence-electron chi connectivity index (χ4n) is 4.14. The maximum Gasteiger partial charge on any atom is 0.222 e. The van der Waals surface area contributed by atoms with Gasteiger partial charge in [0.1, 0.15) is 11.3 Å². The lowest BCUT2D eigenvalue weighted by Gasteiger charge is -2.37. The summed E-state index contributed by atoms with van der Waals surface area (Å²) >= 11 is 5.64. The second kappa shape index (κ2) is 9.79. The van der Waals surface area contributed by atoms with Gasteiger partial charge in [-0.1, -0.05) is 29.8 Å². The molecule has 2 aromatic carbocycles. The maximum absolute atomic E-state index is 13.4. The van der Waals surface area contributed by atoms with Crippen molar-refractivity contribution in [3.63, 3.8) is 0 Å². The monoisotopic (exact) mass is 487 g/mol. The van der Waals surface area contributed by atoms with Crippen molar-refractivity contribution < 1.29 is 4.39 Å². The highest BCUT2D eigenvalue weighted by Crippen LogP contribution is 2.27. The van der Waals surface area contributed by atoms with Crippen molar-refractivity contribution in [3.05, 3.63) is 77.6 Å². The number of rotatable bonds is 4. The molecule has 3 N–H and O–H groups in total. The first-order valence-electron chi connectivity index (χ1n) is 11.5. The van der Waals surface area contributed by atoms with Crippen LogP contribution in [0.25, 0.3) is 22.3 Å². The van der Waals surface area contributed by atoms with Gasteiger partial charge in [-0.05, 0) is 61.1 Å². The van der Waals surface area contributed by atoms with Crippen LogP contribution >= 0.6 is 12.2 Å². The molecule has 9 heteroatoms. The van der Waals surface area contributed by atoms with Crippen molar-refractivity contribution in [3.8, 4) is 11.3 Å². The Morgan fingerprint density at radius 1 is 0.943 bits per heavy atom. The van der Waals surface area contributed by atoms with Crippen molar-refractivity contribution in [2.45, 2.75) is 13.5 Å². The number of hydrogen-bond donors (Lipinski definition) is 2. The Hall–Kier alpha value is -3.85. The van der Waals surface area contributed by atoms with Crippen LogP contribution in [0.5, 0.6) is 0 Å². The summed E-state index contributed by atoms with van der Waals surface area (Å²) in [6.07, 6.45) is 0. The van der Waals surface area contributed by atoms with Crippen LogP contribution in [0, 0.1) is 12.7 Å². The molecule has 0 bridgehead atoms. The molecule has 5 rings (SSSR count). The van der Waals surface area contributed by atoms with Crippen molar-refractivity contribution >= 4 is 40.1 Å². The third-order valence-corrected chi connectivity index (χ3v) is 6.51. The van der Waals surface area contributed by atoms with E-state index in [-0.39, 0.29) is 11.8 Å². The summed E-state index contributed by atoms with van der Waals surface area (Å²) in [6, 6.07) is 18.5. The zero-order chi connectivity index (χ0) is 24.4. The Morgan fingerprint density at radius 3 is 2.37 bits per heavy atom. The lowest BCUT2D eigenvalue weighted by molar-refractivity contribution is 0.379. The quantitative estimate of drug-likeness (QED) is 0.419. The number of nitrogens with one attached hydrogen (secondary N) is 1. The minimum Gasteiger partial charge on any atom is -0.368 e. The predicted octanol–water partition coefficient (Wildman–Crippen LogP) is 3.92. The third-order valence-electron chi connectivity index (χ3n) is 6.11. The number of halogens is 1. The van der Waals surface area contributed by atoms with Gasteiger partial charge in [0.05, 0.1) is 11.2 Å². The average molecular weight is 488 g/mol. The van der Waals surface area contributed by atoms with Gasteiger partial charge in [-0.15, -0.1) is 0 Å². The number of nitrogens with two attached hydrogens (primary N) is 1.